The fraction of sp³-hybridized carbons (Fsp3) is 0.241. The smallest absolute Gasteiger partial charge is 0.326 e. The molecule has 3 N–H and O–H groups in total. The number of anilines is 1. The van der Waals surface area contributed by atoms with E-state index in [1.807, 2.05) is 18.2 Å². The molecule has 2 heterocycles. The van der Waals surface area contributed by atoms with Crippen LogP contribution in [0.4, 0.5) is 5.82 Å². The molecule has 1 unspecified atom stereocenters. The van der Waals surface area contributed by atoms with Crippen molar-refractivity contribution in [3.05, 3.63) is 78.0 Å². The fourth-order valence-corrected chi connectivity index (χ4v) is 4.20. The van der Waals surface area contributed by atoms with Gasteiger partial charge in [-0.3, -0.25) is 14.0 Å². The lowest BCUT2D eigenvalue weighted by atomic mass is 10.1. The van der Waals surface area contributed by atoms with Crippen molar-refractivity contribution in [2.75, 3.05) is 32.7 Å². The third-order valence-electron chi connectivity index (χ3n) is 6.14. The number of nitrogens with zero attached hydrogens (tertiary/aromatic N) is 2. The zero-order valence-electron chi connectivity index (χ0n) is 22.3. The maximum absolute atomic E-state index is 13.1. The molecule has 11 nitrogen and oxygen atoms in total. The fourth-order valence-electron chi connectivity index (χ4n) is 4.20. The van der Waals surface area contributed by atoms with Crippen LogP contribution in [0, 0.1) is 0 Å². The van der Waals surface area contributed by atoms with Gasteiger partial charge in [-0.1, -0.05) is 30.3 Å². The summed E-state index contributed by atoms with van der Waals surface area (Å²) in [6.45, 7) is 1.86. The molecular weight excluding hydrogens is 516 g/mol. The van der Waals surface area contributed by atoms with Crippen molar-refractivity contribution in [1.82, 2.24) is 14.7 Å². The lowest BCUT2D eigenvalue weighted by Crippen LogP contribution is -2.42. The minimum atomic E-state index is -1.14. The van der Waals surface area contributed by atoms with E-state index >= 15 is 0 Å². The van der Waals surface area contributed by atoms with Gasteiger partial charge in [0.1, 0.15) is 29.7 Å². The van der Waals surface area contributed by atoms with Gasteiger partial charge in [-0.05, 0) is 42.8 Å². The van der Waals surface area contributed by atoms with Crippen LogP contribution in [0.15, 0.2) is 66.9 Å². The summed E-state index contributed by atoms with van der Waals surface area (Å²) >= 11 is 0. The molecular formula is C29H30N4O7. The monoisotopic (exact) mass is 546 g/mol. The van der Waals surface area contributed by atoms with E-state index in [4.69, 9.17) is 19.2 Å². The second kappa shape index (κ2) is 12.7. The highest BCUT2D eigenvalue weighted by Crippen LogP contribution is 2.35. The number of ether oxygens (including phenoxy) is 3. The molecule has 0 bridgehead atoms. The third-order valence-corrected chi connectivity index (χ3v) is 6.14. The molecule has 0 radical (unpaired) electrons. The molecule has 0 spiro atoms. The maximum Gasteiger partial charge on any atom is 0.326 e. The van der Waals surface area contributed by atoms with Crippen molar-refractivity contribution < 1.29 is 33.7 Å². The SMILES string of the molecule is CCOC(=O)CNc1c(-c2ccc(OC)c(OC)c2)nc2cc(C(=O)NC(Cc3ccccc3)C(=O)O)ccn12. The quantitative estimate of drug-likeness (QED) is 0.228. The van der Waals surface area contributed by atoms with Crippen LogP contribution in [0.3, 0.4) is 0 Å². The Balaban J connectivity index is 1.68. The molecule has 0 saturated carbocycles. The first-order valence-electron chi connectivity index (χ1n) is 12.6. The number of rotatable bonds is 12. The lowest BCUT2D eigenvalue weighted by molar-refractivity contribution is -0.141. The Morgan fingerprint density at radius 2 is 1.75 bits per heavy atom. The molecule has 0 fully saturated rings. The Labute approximate surface area is 230 Å². The number of hydrogen-bond donors (Lipinski definition) is 3. The first kappa shape index (κ1) is 28.0. The van der Waals surface area contributed by atoms with Crippen LogP contribution in [0.25, 0.3) is 16.9 Å². The summed E-state index contributed by atoms with van der Waals surface area (Å²) in [6, 6.07) is 16.4. The van der Waals surface area contributed by atoms with E-state index in [2.05, 4.69) is 10.6 Å². The summed E-state index contributed by atoms with van der Waals surface area (Å²) in [5.41, 5.74) is 2.59. The summed E-state index contributed by atoms with van der Waals surface area (Å²) in [7, 11) is 3.06. The van der Waals surface area contributed by atoms with Crippen molar-refractivity contribution in [1.29, 1.82) is 0 Å². The van der Waals surface area contributed by atoms with Gasteiger partial charge >= 0.3 is 11.9 Å². The number of hydrogen-bond acceptors (Lipinski definition) is 8. The van der Waals surface area contributed by atoms with Gasteiger partial charge in [-0.25, -0.2) is 9.78 Å². The summed E-state index contributed by atoms with van der Waals surface area (Å²) < 4.78 is 17.5. The number of benzene rings is 2. The highest BCUT2D eigenvalue weighted by Gasteiger charge is 2.23. The van der Waals surface area contributed by atoms with Crippen molar-refractivity contribution in [3.8, 4) is 22.8 Å². The number of fused-ring (bicyclic) bond motifs is 1. The highest BCUT2D eigenvalue weighted by atomic mass is 16.5. The van der Waals surface area contributed by atoms with Crippen LogP contribution in [-0.4, -0.2) is 65.8 Å². The van der Waals surface area contributed by atoms with Crippen LogP contribution in [0.5, 0.6) is 11.5 Å². The minimum Gasteiger partial charge on any atom is -0.493 e. The predicted octanol–water partition coefficient (Wildman–Crippen LogP) is 3.42. The zero-order chi connectivity index (χ0) is 28.6. The van der Waals surface area contributed by atoms with Crippen LogP contribution in [-0.2, 0) is 20.7 Å². The molecule has 208 valence electrons. The summed E-state index contributed by atoms with van der Waals surface area (Å²) in [6.07, 6.45) is 1.76. The molecule has 2 aromatic heterocycles. The summed E-state index contributed by atoms with van der Waals surface area (Å²) in [5, 5.41) is 15.4. The van der Waals surface area contributed by atoms with Crippen LogP contribution in [0.2, 0.25) is 0 Å². The minimum absolute atomic E-state index is 0.107. The average Bonchev–Trinajstić information content (AvgIpc) is 3.33. The van der Waals surface area contributed by atoms with Gasteiger partial charge in [0.25, 0.3) is 5.91 Å². The first-order valence-corrected chi connectivity index (χ1v) is 12.6. The Morgan fingerprint density at radius 1 is 1.00 bits per heavy atom. The van der Waals surface area contributed by atoms with Crippen LogP contribution >= 0.6 is 0 Å². The van der Waals surface area contributed by atoms with Crippen molar-refractivity contribution in [3.63, 3.8) is 0 Å². The van der Waals surface area contributed by atoms with Crippen molar-refractivity contribution in [2.24, 2.45) is 0 Å². The standard InChI is InChI=1S/C29H30N4O7/c1-4-40-25(34)17-30-27-26(19-10-11-22(38-2)23(15-19)39-3)32-24-16-20(12-13-33(24)27)28(35)31-21(29(36)37)14-18-8-6-5-7-9-18/h5-13,15-16,21,30H,4,14,17H2,1-3H3,(H,31,35)(H,36,37). The van der Waals surface area contributed by atoms with E-state index in [-0.39, 0.29) is 25.1 Å². The van der Waals surface area contributed by atoms with Crippen LogP contribution < -0.4 is 20.1 Å². The topological polar surface area (TPSA) is 140 Å². The van der Waals surface area contributed by atoms with E-state index in [0.29, 0.717) is 34.2 Å². The second-order valence-corrected chi connectivity index (χ2v) is 8.73. The Kier molecular flexibility index (Phi) is 8.85. The molecule has 1 amide bonds. The number of carboxylic acids is 1. The van der Waals surface area contributed by atoms with E-state index in [0.717, 1.165) is 5.56 Å². The van der Waals surface area contributed by atoms with Crippen molar-refractivity contribution in [2.45, 2.75) is 19.4 Å². The number of imidazole rings is 1. The molecule has 0 aliphatic heterocycles. The van der Waals surface area contributed by atoms with E-state index in [1.54, 1.807) is 60.0 Å². The molecule has 11 heteroatoms. The number of carboxylic acid groups (broad SMARTS) is 1. The second-order valence-electron chi connectivity index (χ2n) is 8.73. The number of pyridine rings is 1. The number of esters is 1. The Hall–Kier alpha value is -5.06. The van der Waals surface area contributed by atoms with Gasteiger partial charge in [-0.2, -0.15) is 0 Å². The molecule has 4 rings (SSSR count). The van der Waals surface area contributed by atoms with Gasteiger partial charge in [0.2, 0.25) is 0 Å². The number of nitrogens with one attached hydrogen (secondary N) is 2. The number of aromatic nitrogens is 2. The Bertz CT molecular complexity index is 1520. The first-order chi connectivity index (χ1) is 19.3. The molecule has 1 atom stereocenters. The molecule has 0 aliphatic rings. The highest BCUT2D eigenvalue weighted by molar-refractivity contribution is 5.97. The third kappa shape index (κ3) is 6.32. The van der Waals surface area contributed by atoms with E-state index in [9.17, 15) is 19.5 Å². The summed E-state index contributed by atoms with van der Waals surface area (Å²) in [4.78, 5) is 41.7. The van der Waals surface area contributed by atoms with Gasteiger partial charge < -0.3 is 30.0 Å². The van der Waals surface area contributed by atoms with Gasteiger partial charge in [0.15, 0.2) is 11.5 Å². The molecule has 4 aromatic rings. The maximum atomic E-state index is 13.1. The lowest BCUT2D eigenvalue weighted by Gasteiger charge is -2.15. The van der Waals surface area contributed by atoms with Gasteiger partial charge in [0.05, 0.1) is 20.8 Å². The number of amides is 1. The van der Waals surface area contributed by atoms with E-state index in [1.165, 1.54) is 14.2 Å². The normalized spacial score (nSPS) is 11.5. The van der Waals surface area contributed by atoms with Gasteiger partial charge in [0, 0.05) is 23.7 Å². The number of methoxy groups -OCH3 is 2. The largest absolute Gasteiger partial charge is 0.493 e. The number of carbonyl (C=O) groups is 3. The number of carbonyl (C=O) groups excluding carboxylic acids is 2. The van der Waals surface area contributed by atoms with Crippen molar-refractivity contribution >= 4 is 29.3 Å². The summed E-state index contributed by atoms with van der Waals surface area (Å²) in [5.74, 6) is -0.604. The Morgan fingerprint density at radius 3 is 2.42 bits per heavy atom. The van der Waals surface area contributed by atoms with Crippen LogP contribution in [0.1, 0.15) is 22.8 Å². The molecule has 40 heavy (non-hydrogen) atoms. The average molecular weight is 547 g/mol. The number of aliphatic carboxylic acids is 1. The molecule has 0 aliphatic carbocycles. The van der Waals surface area contributed by atoms with Gasteiger partial charge in [-0.15, -0.1) is 0 Å². The zero-order valence-corrected chi connectivity index (χ0v) is 22.3. The predicted molar refractivity (Wildman–Crippen MR) is 148 cm³/mol. The molecule has 2 aromatic carbocycles. The molecule has 0 saturated heterocycles. The van der Waals surface area contributed by atoms with E-state index < -0.39 is 23.9 Å².